The number of nitro groups is 1. The Balaban J connectivity index is 1.81. The minimum Gasteiger partial charge on any atom is -0.377 e. The first-order valence-corrected chi connectivity index (χ1v) is 10.0. The number of rotatable bonds is 6. The van der Waals surface area contributed by atoms with E-state index < -0.39 is 14.9 Å². The summed E-state index contributed by atoms with van der Waals surface area (Å²) in [6.07, 6.45) is 1.29. The van der Waals surface area contributed by atoms with Crippen molar-refractivity contribution in [1.29, 1.82) is 0 Å². The van der Waals surface area contributed by atoms with Gasteiger partial charge in [-0.1, -0.05) is 30.3 Å². The molecule has 0 amide bonds. The highest BCUT2D eigenvalue weighted by atomic mass is 32.2. The number of hydrogen-bond acceptors (Lipinski definition) is 6. The van der Waals surface area contributed by atoms with Crippen LogP contribution in [0.25, 0.3) is 0 Å². The second-order valence-electron chi connectivity index (χ2n) is 6.28. The summed E-state index contributed by atoms with van der Waals surface area (Å²) in [6.45, 7) is 0.539. The Bertz CT molecular complexity index is 918. The van der Waals surface area contributed by atoms with Crippen molar-refractivity contribution in [2.75, 3.05) is 19.0 Å². The molecule has 2 unspecified atom stereocenters. The van der Waals surface area contributed by atoms with Crippen LogP contribution in [0.5, 0.6) is 0 Å². The van der Waals surface area contributed by atoms with Gasteiger partial charge in [0.15, 0.2) is 0 Å². The van der Waals surface area contributed by atoms with E-state index in [0.717, 1.165) is 11.6 Å². The highest BCUT2D eigenvalue weighted by molar-refractivity contribution is 7.89. The topological polar surface area (TPSA) is 111 Å². The van der Waals surface area contributed by atoms with E-state index in [1.807, 2.05) is 30.3 Å². The predicted molar refractivity (Wildman–Crippen MR) is 101 cm³/mol. The number of ether oxygens (including phenoxy) is 1. The van der Waals surface area contributed by atoms with E-state index in [1.165, 1.54) is 19.2 Å². The number of nitro benzene ring substituents is 1. The Morgan fingerprint density at radius 1 is 1.19 bits per heavy atom. The molecule has 27 heavy (non-hydrogen) atoms. The van der Waals surface area contributed by atoms with Gasteiger partial charge in [-0.3, -0.25) is 10.1 Å². The van der Waals surface area contributed by atoms with Gasteiger partial charge in [0.05, 0.1) is 15.9 Å². The van der Waals surface area contributed by atoms with Crippen molar-refractivity contribution in [1.82, 2.24) is 4.72 Å². The van der Waals surface area contributed by atoms with Crippen molar-refractivity contribution in [3.8, 4) is 0 Å². The van der Waals surface area contributed by atoms with E-state index in [9.17, 15) is 18.5 Å². The van der Waals surface area contributed by atoms with Gasteiger partial charge in [-0.05, 0) is 37.6 Å². The standard InChI is InChI=1S/C18H21N3O5S/c1-19-27(24,25)15-7-8-16(17(12-15)21(22)23)20-14-9-10-26-18(11-14)13-5-3-2-4-6-13/h2-8,12,14,18-20H,9-11H2,1H3. The number of benzene rings is 2. The van der Waals surface area contributed by atoms with E-state index in [1.54, 1.807) is 0 Å². The molecule has 8 nitrogen and oxygen atoms in total. The molecule has 9 heteroatoms. The molecule has 1 aliphatic heterocycles. The number of nitrogens with zero attached hydrogens (tertiary/aromatic N) is 1. The number of hydrogen-bond donors (Lipinski definition) is 2. The number of anilines is 1. The maximum Gasteiger partial charge on any atom is 0.293 e. The molecule has 0 bridgehead atoms. The lowest BCUT2D eigenvalue weighted by Gasteiger charge is -2.31. The maximum atomic E-state index is 11.9. The molecule has 1 fully saturated rings. The van der Waals surface area contributed by atoms with E-state index in [0.29, 0.717) is 25.1 Å². The average molecular weight is 391 g/mol. The minimum atomic E-state index is -3.75. The van der Waals surface area contributed by atoms with Crippen LogP contribution in [0.2, 0.25) is 0 Å². The first-order chi connectivity index (χ1) is 12.9. The normalized spacial score (nSPS) is 20.2. The van der Waals surface area contributed by atoms with Crippen LogP contribution in [0.1, 0.15) is 24.5 Å². The summed E-state index contributed by atoms with van der Waals surface area (Å²) in [5.74, 6) is 0. The lowest BCUT2D eigenvalue weighted by molar-refractivity contribution is -0.384. The fraction of sp³-hybridized carbons (Fsp3) is 0.333. The molecule has 1 aliphatic rings. The van der Waals surface area contributed by atoms with E-state index >= 15 is 0 Å². The molecule has 0 aromatic heterocycles. The molecular formula is C18H21N3O5S. The van der Waals surface area contributed by atoms with Crippen LogP contribution in [0.3, 0.4) is 0 Å². The SMILES string of the molecule is CNS(=O)(=O)c1ccc(NC2CCOC(c3ccccc3)C2)c([N+](=O)[O-])c1. The third-order valence-corrected chi connectivity index (χ3v) is 5.97. The summed E-state index contributed by atoms with van der Waals surface area (Å²) in [4.78, 5) is 10.7. The smallest absolute Gasteiger partial charge is 0.293 e. The molecular weight excluding hydrogens is 370 g/mol. The summed E-state index contributed by atoms with van der Waals surface area (Å²) >= 11 is 0. The van der Waals surface area contributed by atoms with Gasteiger partial charge in [-0.25, -0.2) is 13.1 Å². The zero-order valence-electron chi connectivity index (χ0n) is 14.8. The molecule has 144 valence electrons. The quantitative estimate of drug-likeness (QED) is 0.579. The highest BCUT2D eigenvalue weighted by Gasteiger charge is 2.27. The Morgan fingerprint density at radius 2 is 1.93 bits per heavy atom. The van der Waals surface area contributed by atoms with Crippen LogP contribution in [0, 0.1) is 10.1 Å². The molecule has 2 N–H and O–H groups in total. The molecule has 0 aliphatic carbocycles. The van der Waals surface area contributed by atoms with Gasteiger partial charge in [-0.2, -0.15) is 0 Å². The lowest BCUT2D eigenvalue weighted by Crippen LogP contribution is -2.30. The summed E-state index contributed by atoms with van der Waals surface area (Å²) in [5, 5.41) is 14.6. The van der Waals surface area contributed by atoms with Gasteiger partial charge in [0, 0.05) is 18.7 Å². The predicted octanol–water partition coefficient (Wildman–Crippen LogP) is 2.84. The Morgan fingerprint density at radius 3 is 2.59 bits per heavy atom. The zero-order chi connectivity index (χ0) is 19.4. The third-order valence-electron chi connectivity index (χ3n) is 4.56. The molecule has 3 rings (SSSR count). The van der Waals surface area contributed by atoms with Gasteiger partial charge in [-0.15, -0.1) is 0 Å². The summed E-state index contributed by atoms with van der Waals surface area (Å²) < 4.78 is 31.8. The van der Waals surface area contributed by atoms with Crippen LogP contribution in [-0.2, 0) is 14.8 Å². The van der Waals surface area contributed by atoms with Gasteiger partial charge >= 0.3 is 0 Å². The molecule has 0 radical (unpaired) electrons. The second-order valence-corrected chi connectivity index (χ2v) is 8.17. The fourth-order valence-electron chi connectivity index (χ4n) is 3.12. The van der Waals surface area contributed by atoms with Crippen molar-refractivity contribution < 1.29 is 18.1 Å². The lowest BCUT2D eigenvalue weighted by atomic mass is 9.97. The maximum absolute atomic E-state index is 11.9. The summed E-state index contributed by atoms with van der Waals surface area (Å²) in [7, 11) is -2.49. The molecule has 1 saturated heterocycles. The Labute approximate surface area is 157 Å². The van der Waals surface area contributed by atoms with E-state index in [4.69, 9.17) is 4.74 Å². The largest absolute Gasteiger partial charge is 0.377 e. The Hall–Kier alpha value is -2.49. The van der Waals surface area contributed by atoms with Crippen LogP contribution in [0.15, 0.2) is 53.4 Å². The van der Waals surface area contributed by atoms with E-state index in [-0.39, 0.29) is 22.7 Å². The van der Waals surface area contributed by atoms with Crippen molar-refractivity contribution in [2.24, 2.45) is 0 Å². The average Bonchev–Trinajstić information content (AvgIpc) is 2.69. The van der Waals surface area contributed by atoms with Crippen molar-refractivity contribution in [3.05, 3.63) is 64.2 Å². The Kier molecular flexibility index (Phi) is 5.73. The molecule has 2 aromatic rings. The third kappa shape index (κ3) is 4.44. The van der Waals surface area contributed by atoms with Crippen molar-refractivity contribution >= 4 is 21.4 Å². The van der Waals surface area contributed by atoms with Crippen molar-refractivity contribution in [2.45, 2.75) is 29.9 Å². The van der Waals surface area contributed by atoms with Gasteiger partial charge < -0.3 is 10.1 Å². The van der Waals surface area contributed by atoms with E-state index in [2.05, 4.69) is 10.0 Å². The monoisotopic (exact) mass is 391 g/mol. The van der Waals surface area contributed by atoms with Crippen molar-refractivity contribution in [3.63, 3.8) is 0 Å². The molecule has 2 atom stereocenters. The van der Waals surface area contributed by atoms with Gasteiger partial charge in [0.1, 0.15) is 5.69 Å². The zero-order valence-corrected chi connectivity index (χ0v) is 15.6. The first-order valence-electron chi connectivity index (χ1n) is 8.56. The second kappa shape index (κ2) is 8.03. The number of sulfonamides is 1. The van der Waals surface area contributed by atoms with Crippen LogP contribution in [0.4, 0.5) is 11.4 Å². The van der Waals surface area contributed by atoms with Crippen LogP contribution in [-0.4, -0.2) is 33.0 Å². The van der Waals surface area contributed by atoms with Gasteiger partial charge in [0.2, 0.25) is 10.0 Å². The van der Waals surface area contributed by atoms with Crippen LogP contribution < -0.4 is 10.0 Å². The number of nitrogens with one attached hydrogen (secondary N) is 2. The minimum absolute atomic E-state index is 0.0191. The van der Waals surface area contributed by atoms with Crippen LogP contribution >= 0.6 is 0 Å². The molecule has 1 heterocycles. The molecule has 0 saturated carbocycles. The summed E-state index contributed by atoms with van der Waals surface area (Å²) in [6, 6.07) is 13.7. The molecule has 2 aromatic carbocycles. The van der Waals surface area contributed by atoms with Gasteiger partial charge in [0.25, 0.3) is 5.69 Å². The first kappa shape index (κ1) is 19.3. The highest BCUT2D eigenvalue weighted by Crippen LogP contribution is 2.33. The fourth-order valence-corrected chi connectivity index (χ4v) is 3.87. The molecule has 0 spiro atoms. The summed E-state index contributed by atoms with van der Waals surface area (Å²) in [5.41, 5.74) is 1.09.